The number of ether oxygens (including phenoxy) is 1. The Labute approximate surface area is 154 Å². The quantitative estimate of drug-likeness (QED) is 0.538. The number of halogens is 2. The van der Waals surface area contributed by atoms with Gasteiger partial charge in [0.25, 0.3) is 0 Å². The maximum absolute atomic E-state index is 12.4. The maximum atomic E-state index is 12.4. The minimum atomic E-state index is -2.83. The van der Waals surface area contributed by atoms with Crippen LogP contribution in [0.15, 0.2) is 72.8 Å². The van der Waals surface area contributed by atoms with Gasteiger partial charge in [0.1, 0.15) is 17.7 Å². The summed E-state index contributed by atoms with van der Waals surface area (Å²) >= 11 is 0. The average molecular weight is 363 g/mol. The first-order valence-corrected chi connectivity index (χ1v) is 8.58. The van der Waals surface area contributed by atoms with E-state index in [0.717, 1.165) is 33.7 Å². The van der Waals surface area contributed by atoms with Crippen molar-refractivity contribution in [1.82, 2.24) is 9.55 Å². The number of nitrogens with zero attached hydrogens (tertiary/aromatic N) is 2. The lowest BCUT2D eigenvalue weighted by atomic mass is 10.1. The van der Waals surface area contributed by atoms with Gasteiger partial charge in [-0.1, -0.05) is 36.4 Å². The van der Waals surface area contributed by atoms with Gasteiger partial charge in [-0.2, -0.15) is 8.78 Å². The Bertz CT molecular complexity index is 1120. The molecule has 1 aromatic heterocycles. The Hall–Kier alpha value is -3.41. The fourth-order valence-corrected chi connectivity index (χ4v) is 3.58. The van der Waals surface area contributed by atoms with E-state index in [9.17, 15) is 8.78 Å². The summed E-state index contributed by atoms with van der Waals surface area (Å²) in [5.41, 5.74) is 4.86. The van der Waals surface area contributed by atoms with E-state index in [1.165, 1.54) is 0 Å². The third kappa shape index (κ3) is 2.61. The Morgan fingerprint density at radius 3 is 2.48 bits per heavy atom. The van der Waals surface area contributed by atoms with Gasteiger partial charge in [-0.15, -0.1) is 0 Å². The monoisotopic (exact) mass is 363 g/mol. The Morgan fingerprint density at radius 1 is 0.926 bits per heavy atom. The number of hydrogen-bond acceptors (Lipinski definition) is 3. The van der Waals surface area contributed by atoms with Gasteiger partial charge in [-0.05, 0) is 42.0 Å². The zero-order chi connectivity index (χ0) is 18.4. The van der Waals surface area contributed by atoms with Gasteiger partial charge in [-0.25, -0.2) is 4.98 Å². The zero-order valence-corrected chi connectivity index (χ0v) is 14.1. The van der Waals surface area contributed by atoms with Crippen molar-refractivity contribution in [1.29, 1.82) is 0 Å². The van der Waals surface area contributed by atoms with Gasteiger partial charge < -0.3 is 10.1 Å². The molecule has 6 heteroatoms. The summed E-state index contributed by atoms with van der Waals surface area (Å²) in [5.74, 6) is 1.02. The van der Waals surface area contributed by atoms with Crippen LogP contribution in [0, 0.1) is 0 Å². The lowest BCUT2D eigenvalue weighted by Crippen LogP contribution is -2.24. The zero-order valence-electron chi connectivity index (χ0n) is 14.1. The molecule has 5 rings (SSSR count). The van der Waals surface area contributed by atoms with Crippen LogP contribution in [0.5, 0.6) is 5.75 Å². The molecule has 0 aliphatic carbocycles. The molecule has 0 saturated heterocycles. The molecule has 4 aromatic rings. The average Bonchev–Trinajstić information content (AvgIpc) is 3.07. The Morgan fingerprint density at radius 2 is 1.67 bits per heavy atom. The predicted molar refractivity (Wildman–Crippen MR) is 100 cm³/mol. The summed E-state index contributed by atoms with van der Waals surface area (Å²) in [7, 11) is 0. The lowest BCUT2D eigenvalue weighted by Gasteiger charge is -2.30. The number of benzene rings is 3. The van der Waals surface area contributed by atoms with Gasteiger partial charge >= 0.3 is 6.61 Å². The molecule has 1 atom stereocenters. The molecule has 3 aromatic carbocycles. The summed E-state index contributed by atoms with van der Waals surface area (Å²) in [6, 6.07) is 22.7. The van der Waals surface area contributed by atoms with Crippen molar-refractivity contribution in [2.24, 2.45) is 0 Å². The fourth-order valence-electron chi connectivity index (χ4n) is 3.58. The van der Waals surface area contributed by atoms with Crippen LogP contribution in [0.1, 0.15) is 11.7 Å². The van der Waals surface area contributed by atoms with Crippen molar-refractivity contribution >= 4 is 16.7 Å². The smallest absolute Gasteiger partial charge is 0.387 e. The second-order valence-electron chi connectivity index (χ2n) is 6.33. The number of rotatable bonds is 3. The molecule has 1 aliphatic rings. The molecule has 0 amide bonds. The van der Waals surface area contributed by atoms with Crippen LogP contribution in [0.3, 0.4) is 0 Å². The highest BCUT2D eigenvalue weighted by molar-refractivity contribution is 5.86. The van der Waals surface area contributed by atoms with Crippen LogP contribution >= 0.6 is 0 Å². The fraction of sp³-hybridized carbons (Fsp3) is 0.0952. The number of fused-ring (bicyclic) bond motifs is 5. The van der Waals surface area contributed by atoms with E-state index in [0.29, 0.717) is 0 Å². The van der Waals surface area contributed by atoms with Gasteiger partial charge in [0.05, 0.1) is 11.0 Å². The number of aromatic nitrogens is 2. The number of hydrogen-bond donors (Lipinski definition) is 1. The molecule has 0 unspecified atom stereocenters. The number of nitrogens with one attached hydrogen (secondary N) is 1. The predicted octanol–water partition coefficient (Wildman–Crippen LogP) is 5.28. The summed E-state index contributed by atoms with van der Waals surface area (Å²) < 4.78 is 31.5. The van der Waals surface area contributed by atoms with E-state index < -0.39 is 6.61 Å². The Balaban J connectivity index is 1.66. The highest BCUT2D eigenvalue weighted by Gasteiger charge is 2.27. The van der Waals surface area contributed by atoms with E-state index in [2.05, 4.69) is 14.6 Å². The first kappa shape index (κ1) is 15.8. The van der Waals surface area contributed by atoms with Gasteiger partial charge in [0, 0.05) is 11.3 Å². The molecule has 4 nitrogen and oxygen atoms in total. The second kappa shape index (κ2) is 6.09. The molecular weight excluding hydrogens is 348 g/mol. The summed E-state index contributed by atoms with van der Waals surface area (Å²) in [6.07, 6.45) is -0.206. The number of imidazole rings is 1. The highest BCUT2D eigenvalue weighted by atomic mass is 19.3. The van der Waals surface area contributed by atoms with Gasteiger partial charge in [0.2, 0.25) is 0 Å². The third-order valence-electron chi connectivity index (χ3n) is 4.74. The summed E-state index contributed by atoms with van der Waals surface area (Å²) in [5, 5.41) is 3.54. The van der Waals surface area contributed by atoms with Crippen LogP contribution in [0.2, 0.25) is 0 Å². The summed E-state index contributed by atoms with van der Waals surface area (Å²) in [4.78, 5) is 4.83. The van der Waals surface area contributed by atoms with Crippen molar-refractivity contribution in [2.45, 2.75) is 12.8 Å². The first-order chi connectivity index (χ1) is 13.2. The van der Waals surface area contributed by atoms with Crippen molar-refractivity contribution in [2.75, 3.05) is 5.32 Å². The molecule has 0 fully saturated rings. The molecule has 1 aliphatic heterocycles. The molecular formula is C21H15F2N3O. The molecule has 0 radical (unpaired) electrons. The van der Waals surface area contributed by atoms with Gasteiger partial charge in [-0.3, -0.25) is 4.57 Å². The molecule has 1 N–H and O–H groups in total. The molecule has 0 bridgehead atoms. The van der Waals surface area contributed by atoms with E-state index >= 15 is 0 Å². The molecule has 0 saturated carbocycles. The minimum absolute atomic E-state index is 0.140. The first-order valence-electron chi connectivity index (χ1n) is 8.58. The van der Waals surface area contributed by atoms with E-state index in [1.807, 2.05) is 48.5 Å². The van der Waals surface area contributed by atoms with Crippen LogP contribution in [-0.2, 0) is 0 Å². The Kier molecular flexibility index (Phi) is 3.57. The number of alkyl halides is 2. The topological polar surface area (TPSA) is 39.1 Å². The number of para-hydroxylation sites is 3. The maximum Gasteiger partial charge on any atom is 0.387 e. The van der Waals surface area contributed by atoms with Crippen molar-refractivity contribution in [3.05, 3.63) is 78.4 Å². The minimum Gasteiger partial charge on any atom is -0.435 e. The van der Waals surface area contributed by atoms with Crippen molar-refractivity contribution in [3.8, 4) is 17.1 Å². The standard InChI is InChI=1S/C21H15F2N3O/c22-21(23)27-14-11-9-13(10-12-14)19-24-16-6-2-1-5-15(16)20-25-17-7-3-4-8-18(17)26(19)20/h1-12,19,21,24H/t19-/m1/s1. The normalized spacial score (nSPS) is 15.3. The molecule has 2 heterocycles. The van der Waals surface area contributed by atoms with Crippen LogP contribution in [0.25, 0.3) is 22.4 Å². The van der Waals surface area contributed by atoms with E-state index in [4.69, 9.17) is 4.98 Å². The van der Waals surface area contributed by atoms with E-state index in [-0.39, 0.29) is 11.9 Å². The molecule has 0 spiro atoms. The lowest BCUT2D eigenvalue weighted by molar-refractivity contribution is -0.0498. The number of anilines is 1. The molecule has 27 heavy (non-hydrogen) atoms. The summed E-state index contributed by atoms with van der Waals surface area (Å²) in [6.45, 7) is -2.83. The molecule has 134 valence electrons. The SMILES string of the molecule is FC(F)Oc1ccc([C@@H]2Nc3ccccc3-c3nc4ccccc4n32)cc1. The highest BCUT2D eigenvalue weighted by Crippen LogP contribution is 2.40. The van der Waals surface area contributed by atoms with Crippen LogP contribution in [0.4, 0.5) is 14.5 Å². The van der Waals surface area contributed by atoms with E-state index in [1.54, 1.807) is 24.3 Å². The van der Waals surface area contributed by atoms with Crippen molar-refractivity contribution < 1.29 is 13.5 Å². The van der Waals surface area contributed by atoms with Crippen LogP contribution < -0.4 is 10.1 Å². The largest absolute Gasteiger partial charge is 0.435 e. The van der Waals surface area contributed by atoms with Crippen LogP contribution in [-0.4, -0.2) is 16.2 Å². The van der Waals surface area contributed by atoms with Crippen molar-refractivity contribution in [3.63, 3.8) is 0 Å². The van der Waals surface area contributed by atoms with Gasteiger partial charge in [0.15, 0.2) is 0 Å². The second-order valence-corrected chi connectivity index (χ2v) is 6.33. The third-order valence-corrected chi connectivity index (χ3v) is 4.74.